The van der Waals surface area contributed by atoms with Crippen LogP contribution in [0.4, 0.5) is 0 Å². The monoisotopic (exact) mass is 317 g/mol. The van der Waals surface area contributed by atoms with E-state index in [0.717, 1.165) is 23.6 Å². The molecule has 23 heavy (non-hydrogen) atoms. The second-order valence-electron chi connectivity index (χ2n) is 6.11. The molecule has 0 saturated carbocycles. The number of aryl methyl sites for hydroxylation is 1. The van der Waals surface area contributed by atoms with Gasteiger partial charge < -0.3 is 14.1 Å². The average molecular weight is 317 g/mol. The minimum Gasteiger partial charge on any atom is -0.464 e. The van der Waals surface area contributed by atoms with Crippen LogP contribution in [-0.4, -0.2) is 40.8 Å². The Balaban J connectivity index is 1.83. The Morgan fingerprint density at radius 2 is 2.30 bits per heavy atom. The van der Waals surface area contributed by atoms with Gasteiger partial charge in [-0.2, -0.15) is 5.10 Å². The fourth-order valence-electron chi connectivity index (χ4n) is 2.74. The molecule has 3 rings (SSSR count). The van der Waals surface area contributed by atoms with Crippen LogP contribution in [0.1, 0.15) is 60.4 Å². The minimum atomic E-state index is -0.198. The first-order valence-corrected chi connectivity index (χ1v) is 8.12. The standard InChI is InChI=1S/C17H23N3O3/c1-4-12-5-6-16(23-12)15-10-22-8-7-20(15)17(21)14-9-13(11(2)3)18-19-14/h5-6,9,11,15H,4,7-8,10H2,1-3H3,(H,18,19)/t15-/m1/s1. The van der Waals surface area contributed by atoms with Crippen molar-refractivity contribution < 1.29 is 13.9 Å². The first-order chi connectivity index (χ1) is 11.1. The molecule has 1 amide bonds. The number of ether oxygens (including phenoxy) is 1. The molecular weight excluding hydrogens is 294 g/mol. The number of morpholine rings is 1. The number of carbonyl (C=O) groups excluding carboxylic acids is 1. The molecule has 124 valence electrons. The highest BCUT2D eigenvalue weighted by atomic mass is 16.5. The maximum Gasteiger partial charge on any atom is 0.275 e. The van der Waals surface area contributed by atoms with E-state index < -0.39 is 0 Å². The number of aromatic amines is 1. The zero-order valence-corrected chi connectivity index (χ0v) is 13.8. The van der Waals surface area contributed by atoms with E-state index >= 15 is 0 Å². The fourth-order valence-corrected chi connectivity index (χ4v) is 2.74. The molecule has 0 bridgehead atoms. The molecule has 0 radical (unpaired) electrons. The van der Waals surface area contributed by atoms with Crippen LogP contribution in [0.5, 0.6) is 0 Å². The predicted molar refractivity (Wildman–Crippen MR) is 85.4 cm³/mol. The zero-order valence-electron chi connectivity index (χ0n) is 13.8. The Kier molecular flexibility index (Phi) is 4.52. The Bertz CT molecular complexity index is 674. The van der Waals surface area contributed by atoms with E-state index in [-0.39, 0.29) is 11.9 Å². The van der Waals surface area contributed by atoms with E-state index in [4.69, 9.17) is 9.15 Å². The molecule has 0 spiro atoms. The van der Waals surface area contributed by atoms with Crippen LogP contribution in [0.2, 0.25) is 0 Å². The van der Waals surface area contributed by atoms with Crippen molar-refractivity contribution in [3.05, 3.63) is 41.1 Å². The van der Waals surface area contributed by atoms with Gasteiger partial charge in [0.2, 0.25) is 0 Å². The van der Waals surface area contributed by atoms with Gasteiger partial charge >= 0.3 is 0 Å². The fraction of sp³-hybridized carbons (Fsp3) is 0.529. The number of aromatic nitrogens is 2. The minimum absolute atomic E-state index is 0.0871. The highest BCUT2D eigenvalue weighted by molar-refractivity contribution is 5.92. The van der Waals surface area contributed by atoms with Crippen LogP contribution in [-0.2, 0) is 11.2 Å². The van der Waals surface area contributed by atoms with Crippen molar-refractivity contribution in [1.29, 1.82) is 0 Å². The Morgan fingerprint density at radius 3 is 2.96 bits per heavy atom. The van der Waals surface area contributed by atoms with E-state index in [2.05, 4.69) is 24.0 Å². The summed E-state index contributed by atoms with van der Waals surface area (Å²) in [5, 5.41) is 7.12. The number of hydrogen-bond acceptors (Lipinski definition) is 4. The highest BCUT2D eigenvalue weighted by Gasteiger charge is 2.32. The van der Waals surface area contributed by atoms with Crippen molar-refractivity contribution in [2.75, 3.05) is 19.8 Å². The van der Waals surface area contributed by atoms with Gasteiger partial charge in [0.25, 0.3) is 5.91 Å². The van der Waals surface area contributed by atoms with Crippen LogP contribution < -0.4 is 0 Å². The first-order valence-electron chi connectivity index (χ1n) is 8.12. The summed E-state index contributed by atoms with van der Waals surface area (Å²) in [4.78, 5) is 14.6. The molecule has 1 atom stereocenters. The molecule has 1 aliphatic rings. The van der Waals surface area contributed by atoms with Gasteiger partial charge in [-0.3, -0.25) is 9.89 Å². The quantitative estimate of drug-likeness (QED) is 0.941. The maximum absolute atomic E-state index is 12.8. The largest absolute Gasteiger partial charge is 0.464 e. The second-order valence-corrected chi connectivity index (χ2v) is 6.11. The van der Waals surface area contributed by atoms with Crippen LogP contribution in [0, 0.1) is 0 Å². The van der Waals surface area contributed by atoms with Gasteiger partial charge in [-0.05, 0) is 24.1 Å². The summed E-state index contributed by atoms with van der Waals surface area (Å²) in [7, 11) is 0. The highest BCUT2D eigenvalue weighted by Crippen LogP contribution is 2.28. The number of nitrogens with one attached hydrogen (secondary N) is 1. The number of carbonyl (C=O) groups is 1. The molecular formula is C17H23N3O3. The molecule has 1 aliphatic heterocycles. The van der Waals surface area contributed by atoms with Crippen LogP contribution in [0.15, 0.2) is 22.6 Å². The van der Waals surface area contributed by atoms with E-state index in [9.17, 15) is 4.79 Å². The van der Waals surface area contributed by atoms with Gasteiger partial charge in [-0.1, -0.05) is 20.8 Å². The summed E-state index contributed by atoms with van der Waals surface area (Å²) >= 11 is 0. The Morgan fingerprint density at radius 1 is 1.48 bits per heavy atom. The Labute approximate surface area is 135 Å². The number of nitrogens with zero attached hydrogens (tertiary/aromatic N) is 2. The predicted octanol–water partition coefficient (Wildman–Crippen LogP) is 2.90. The van der Waals surface area contributed by atoms with Crippen molar-refractivity contribution in [3.63, 3.8) is 0 Å². The lowest BCUT2D eigenvalue weighted by atomic mass is 10.1. The van der Waals surface area contributed by atoms with Crippen molar-refractivity contribution >= 4 is 5.91 Å². The molecule has 0 aliphatic carbocycles. The summed E-state index contributed by atoms with van der Waals surface area (Å²) < 4.78 is 11.4. The van der Waals surface area contributed by atoms with Crippen molar-refractivity contribution in [3.8, 4) is 0 Å². The summed E-state index contributed by atoms with van der Waals surface area (Å²) in [5.74, 6) is 1.91. The number of H-pyrrole nitrogens is 1. The summed E-state index contributed by atoms with van der Waals surface area (Å²) in [6.07, 6.45) is 0.832. The van der Waals surface area contributed by atoms with Gasteiger partial charge in [0.1, 0.15) is 23.3 Å². The molecule has 1 fully saturated rings. The lowest BCUT2D eigenvalue weighted by molar-refractivity contribution is -0.00930. The molecule has 0 unspecified atom stereocenters. The average Bonchev–Trinajstić information content (AvgIpc) is 3.23. The van der Waals surface area contributed by atoms with Gasteiger partial charge in [0, 0.05) is 18.7 Å². The number of rotatable bonds is 4. The van der Waals surface area contributed by atoms with E-state index in [1.807, 2.05) is 25.1 Å². The van der Waals surface area contributed by atoms with Crippen molar-refractivity contribution in [2.45, 2.75) is 39.2 Å². The summed E-state index contributed by atoms with van der Waals surface area (Å²) in [6.45, 7) is 7.69. The van der Waals surface area contributed by atoms with Gasteiger partial charge in [-0.25, -0.2) is 0 Å². The third-order valence-corrected chi connectivity index (χ3v) is 4.19. The SMILES string of the molecule is CCc1ccc([C@H]2COCCN2C(=O)c2cc(C(C)C)[nH]n2)o1. The number of furan rings is 1. The van der Waals surface area contributed by atoms with Crippen molar-refractivity contribution in [1.82, 2.24) is 15.1 Å². The lowest BCUT2D eigenvalue weighted by Crippen LogP contribution is -2.43. The summed E-state index contributed by atoms with van der Waals surface area (Å²) in [6, 6.07) is 5.52. The van der Waals surface area contributed by atoms with Crippen LogP contribution in [0.3, 0.4) is 0 Å². The second kappa shape index (κ2) is 6.58. The lowest BCUT2D eigenvalue weighted by Gasteiger charge is -2.33. The van der Waals surface area contributed by atoms with E-state index in [1.165, 1.54) is 0 Å². The smallest absolute Gasteiger partial charge is 0.275 e. The first kappa shape index (κ1) is 15.8. The van der Waals surface area contributed by atoms with Gasteiger partial charge in [-0.15, -0.1) is 0 Å². The van der Waals surface area contributed by atoms with Crippen LogP contribution >= 0.6 is 0 Å². The zero-order chi connectivity index (χ0) is 16.4. The molecule has 6 heteroatoms. The van der Waals surface area contributed by atoms with Crippen molar-refractivity contribution in [2.24, 2.45) is 0 Å². The van der Waals surface area contributed by atoms with Gasteiger partial charge in [0.05, 0.1) is 13.2 Å². The van der Waals surface area contributed by atoms with E-state index in [0.29, 0.717) is 31.4 Å². The normalized spacial score (nSPS) is 18.6. The molecule has 6 nitrogen and oxygen atoms in total. The third kappa shape index (κ3) is 3.17. The number of hydrogen-bond donors (Lipinski definition) is 1. The molecule has 1 N–H and O–H groups in total. The van der Waals surface area contributed by atoms with E-state index in [1.54, 1.807) is 4.90 Å². The molecule has 0 aromatic carbocycles. The molecule has 1 saturated heterocycles. The third-order valence-electron chi connectivity index (χ3n) is 4.19. The molecule has 2 aromatic rings. The summed E-state index contributed by atoms with van der Waals surface area (Å²) in [5.41, 5.74) is 1.41. The van der Waals surface area contributed by atoms with Gasteiger partial charge in [0.15, 0.2) is 0 Å². The van der Waals surface area contributed by atoms with Crippen LogP contribution in [0.25, 0.3) is 0 Å². The number of amides is 1. The molecule has 3 heterocycles. The molecule has 2 aromatic heterocycles. The Hall–Kier alpha value is -2.08. The topological polar surface area (TPSA) is 71.4 Å². The maximum atomic E-state index is 12.8.